The molecule has 0 saturated carbocycles. The molecule has 27 heavy (non-hydrogen) atoms. The molecule has 0 bridgehead atoms. The smallest absolute Gasteiger partial charge is 0.312 e. The zero-order valence-corrected chi connectivity index (χ0v) is 14.8. The SMILES string of the molecule is O=C(O/N=C1\C(=O)N(c2ccccc2)c2ccccc21)c1cccc(Cl)c1. The van der Waals surface area contributed by atoms with Gasteiger partial charge in [-0.15, -0.1) is 0 Å². The van der Waals surface area contributed by atoms with Gasteiger partial charge in [-0.25, -0.2) is 4.79 Å². The molecule has 6 heteroatoms. The highest BCUT2D eigenvalue weighted by Gasteiger charge is 2.35. The summed E-state index contributed by atoms with van der Waals surface area (Å²) >= 11 is 5.89. The van der Waals surface area contributed by atoms with Crippen molar-refractivity contribution in [3.05, 3.63) is 95.0 Å². The molecule has 3 aromatic carbocycles. The van der Waals surface area contributed by atoms with Gasteiger partial charge >= 0.3 is 5.97 Å². The molecule has 0 spiro atoms. The van der Waals surface area contributed by atoms with E-state index < -0.39 is 5.97 Å². The lowest BCUT2D eigenvalue weighted by Crippen LogP contribution is -2.25. The summed E-state index contributed by atoms with van der Waals surface area (Å²) < 4.78 is 0. The summed E-state index contributed by atoms with van der Waals surface area (Å²) in [4.78, 5) is 31.7. The molecule has 3 aromatic rings. The minimum atomic E-state index is -0.687. The van der Waals surface area contributed by atoms with Crippen LogP contribution in [0.5, 0.6) is 0 Å². The van der Waals surface area contributed by atoms with E-state index in [4.69, 9.17) is 16.4 Å². The summed E-state index contributed by atoms with van der Waals surface area (Å²) in [5.74, 6) is -1.05. The zero-order chi connectivity index (χ0) is 18.8. The number of halogens is 1. The minimum Gasteiger partial charge on any atom is -0.312 e. The number of fused-ring (bicyclic) bond motifs is 1. The quantitative estimate of drug-likeness (QED) is 0.496. The Hall–Kier alpha value is -3.44. The molecule has 0 unspecified atom stereocenters. The number of hydrogen-bond acceptors (Lipinski definition) is 4. The van der Waals surface area contributed by atoms with Gasteiger partial charge in [0.05, 0.1) is 11.3 Å². The predicted octanol–water partition coefficient (Wildman–Crippen LogP) is 4.58. The Kier molecular flexibility index (Phi) is 4.44. The highest BCUT2D eigenvalue weighted by molar-refractivity contribution is 6.55. The van der Waals surface area contributed by atoms with E-state index in [0.29, 0.717) is 22.0 Å². The van der Waals surface area contributed by atoms with Crippen LogP contribution in [0.25, 0.3) is 0 Å². The molecule has 0 radical (unpaired) electrons. The standard InChI is InChI=1S/C21H13ClN2O3/c22-15-8-6-7-14(13-15)21(26)27-23-19-17-11-4-5-12-18(17)24(20(19)25)16-9-2-1-3-10-16/h1-13H/b23-19-. The first kappa shape index (κ1) is 17.0. The first-order valence-corrected chi connectivity index (χ1v) is 8.57. The van der Waals surface area contributed by atoms with Crippen molar-refractivity contribution in [2.75, 3.05) is 4.90 Å². The Bertz CT molecular complexity index is 1060. The average Bonchev–Trinajstić information content (AvgIpc) is 2.98. The molecule has 0 N–H and O–H groups in total. The van der Waals surface area contributed by atoms with Crippen molar-refractivity contribution in [1.82, 2.24) is 0 Å². The van der Waals surface area contributed by atoms with Gasteiger partial charge in [-0.2, -0.15) is 0 Å². The van der Waals surface area contributed by atoms with Crippen LogP contribution in [0.3, 0.4) is 0 Å². The number of amides is 1. The van der Waals surface area contributed by atoms with Crippen LogP contribution in [-0.4, -0.2) is 17.6 Å². The number of nitrogens with zero attached hydrogens (tertiary/aromatic N) is 2. The van der Waals surface area contributed by atoms with Gasteiger partial charge in [0.2, 0.25) is 0 Å². The Balaban J connectivity index is 1.68. The number of anilines is 2. The highest BCUT2D eigenvalue weighted by Crippen LogP contribution is 2.35. The van der Waals surface area contributed by atoms with Crippen LogP contribution in [0, 0.1) is 0 Å². The van der Waals surface area contributed by atoms with Crippen LogP contribution in [0.15, 0.2) is 84.0 Å². The van der Waals surface area contributed by atoms with Crippen molar-refractivity contribution in [3.63, 3.8) is 0 Å². The normalized spacial score (nSPS) is 14.3. The number of para-hydroxylation sites is 2. The summed E-state index contributed by atoms with van der Waals surface area (Å²) in [7, 11) is 0. The van der Waals surface area contributed by atoms with Crippen molar-refractivity contribution in [1.29, 1.82) is 0 Å². The third kappa shape index (κ3) is 3.20. The van der Waals surface area contributed by atoms with Crippen LogP contribution in [0.1, 0.15) is 15.9 Å². The molecule has 5 nitrogen and oxygen atoms in total. The van der Waals surface area contributed by atoms with E-state index in [1.165, 1.54) is 6.07 Å². The lowest BCUT2D eigenvalue weighted by molar-refractivity contribution is -0.111. The van der Waals surface area contributed by atoms with E-state index in [2.05, 4.69) is 5.16 Å². The maximum Gasteiger partial charge on any atom is 0.365 e. The van der Waals surface area contributed by atoms with Crippen molar-refractivity contribution in [2.24, 2.45) is 5.16 Å². The second-order valence-corrected chi connectivity index (χ2v) is 6.26. The maximum atomic E-state index is 12.9. The topological polar surface area (TPSA) is 59.0 Å². The van der Waals surface area contributed by atoms with E-state index in [-0.39, 0.29) is 17.2 Å². The highest BCUT2D eigenvalue weighted by atomic mass is 35.5. The predicted molar refractivity (Wildman–Crippen MR) is 103 cm³/mol. The fraction of sp³-hybridized carbons (Fsp3) is 0. The summed E-state index contributed by atoms with van der Waals surface area (Å²) in [5, 5.41) is 4.27. The number of carbonyl (C=O) groups excluding carboxylic acids is 2. The molecule has 4 rings (SSSR count). The second kappa shape index (κ2) is 7.05. The van der Waals surface area contributed by atoms with Crippen molar-refractivity contribution in [3.8, 4) is 0 Å². The Morgan fingerprint density at radius 2 is 1.67 bits per heavy atom. The van der Waals surface area contributed by atoms with Gasteiger partial charge in [0.1, 0.15) is 0 Å². The van der Waals surface area contributed by atoms with Gasteiger partial charge < -0.3 is 4.84 Å². The lowest BCUT2D eigenvalue weighted by atomic mass is 10.1. The molecule has 1 heterocycles. The fourth-order valence-electron chi connectivity index (χ4n) is 2.88. The Morgan fingerprint density at radius 1 is 0.926 bits per heavy atom. The molecular formula is C21H13ClN2O3. The Morgan fingerprint density at radius 3 is 2.44 bits per heavy atom. The van der Waals surface area contributed by atoms with Gasteiger partial charge in [-0.05, 0) is 36.4 Å². The van der Waals surface area contributed by atoms with Gasteiger partial charge in [-0.3, -0.25) is 9.69 Å². The molecular weight excluding hydrogens is 364 g/mol. The molecule has 1 amide bonds. The zero-order valence-electron chi connectivity index (χ0n) is 14.0. The largest absolute Gasteiger partial charge is 0.365 e. The van der Waals surface area contributed by atoms with Crippen LogP contribution >= 0.6 is 11.6 Å². The van der Waals surface area contributed by atoms with E-state index in [9.17, 15) is 9.59 Å². The van der Waals surface area contributed by atoms with Crippen LogP contribution in [-0.2, 0) is 9.63 Å². The monoisotopic (exact) mass is 376 g/mol. The van der Waals surface area contributed by atoms with Crippen molar-refractivity contribution in [2.45, 2.75) is 0 Å². The molecule has 0 aromatic heterocycles. The molecule has 0 atom stereocenters. The maximum absolute atomic E-state index is 12.9. The number of benzene rings is 3. The molecule has 1 aliphatic heterocycles. The van der Waals surface area contributed by atoms with E-state index >= 15 is 0 Å². The summed E-state index contributed by atoms with van der Waals surface area (Å²) in [6.45, 7) is 0. The number of hydrogen-bond donors (Lipinski definition) is 0. The minimum absolute atomic E-state index is 0.0739. The molecule has 0 fully saturated rings. The first-order chi connectivity index (χ1) is 13.1. The van der Waals surface area contributed by atoms with Crippen LogP contribution in [0.2, 0.25) is 5.02 Å². The van der Waals surface area contributed by atoms with E-state index in [1.54, 1.807) is 35.2 Å². The van der Waals surface area contributed by atoms with Gasteiger partial charge in [-0.1, -0.05) is 59.2 Å². The molecule has 1 aliphatic rings. The molecule has 132 valence electrons. The van der Waals surface area contributed by atoms with E-state index in [1.807, 2.05) is 42.5 Å². The van der Waals surface area contributed by atoms with Crippen molar-refractivity contribution < 1.29 is 14.4 Å². The van der Waals surface area contributed by atoms with Crippen molar-refractivity contribution >= 4 is 40.6 Å². The number of carbonyl (C=O) groups is 2. The third-order valence-corrected chi connectivity index (χ3v) is 4.34. The van der Waals surface area contributed by atoms with Gasteiger partial charge in [0.15, 0.2) is 5.71 Å². The summed E-state index contributed by atoms with van der Waals surface area (Å²) in [6.07, 6.45) is 0. The van der Waals surface area contributed by atoms with Gasteiger partial charge in [0.25, 0.3) is 5.91 Å². The third-order valence-electron chi connectivity index (χ3n) is 4.10. The first-order valence-electron chi connectivity index (χ1n) is 8.19. The fourth-order valence-corrected chi connectivity index (χ4v) is 3.07. The summed E-state index contributed by atoms with van der Waals surface area (Å²) in [6, 6.07) is 22.8. The van der Waals surface area contributed by atoms with Gasteiger partial charge in [0, 0.05) is 16.3 Å². The lowest BCUT2D eigenvalue weighted by Gasteiger charge is -2.16. The van der Waals surface area contributed by atoms with Crippen LogP contribution in [0.4, 0.5) is 11.4 Å². The van der Waals surface area contributed by atoms with Crippen LogP contribution < -0.4 is 4.90 Å². The summed E-state index contributed by atoms with van der Waals surface area (Å²) in [5.41, 5.74) is 2.33. The Labute approximate surface area is 160 Å². The number of oxime groups is 1. The average molecular weight is 377 g/mol. The van der Waals surface area contributed by atoms with E-state index in [0.717, 1.165) is 0 Å². The second-order valence-electron chi connectivity index (χ2n) is 5.82. The number of rotatable bonds is 3. The molecule has 0 saturated heterocycles. The molecule has 0 aliphatic carbocycles.